The van der Waals surface area contributed by atoms with Gasteiger partial charge in [0.15, 0.2) is 0 Å². The average molecular weight is 562 g/mol. The van der Waals surface area contributed by atoms with E-state index in [1.54, 1.807) is 67.6 Å². The van der Waals surface area contributed by atoms with Crippen LogP contribution in [0.15, 0.2) is 100 Å². The van der Waals surface area contributed by atoms with Crippen molar-refractivity contribution in [2.24, 2.45) is 0 Å². The van der Waals surface area contributed by atoms with Crippen molar-refractivity contribution in [2.45, 2.75) is 32.6 Å². The summed E-state index contributed by atoms with van der Waals surface area (Å²) in [6.45, 7) is 3.75. The van der Waals surface area contributed by atoms with Crippen LogP contribution in [0.2, 0.25) is 0 Å². The Hall–Kier alpha value is -4.86. The number of fused-ring (bicyclic) bond motifs is 1. The van der Waals surface area contributed by atoms with Crippen LogP contribution in [0.4, 0.5) is 13.2 Å². The first-order chi connectivity index (χ1) is 19.7. The van der Waals surface area contributed by atoms with Crippen LogP contribution >= 0.6 is 0 Å². The third kappa shape index (κ3) is 5.58. The maximum Gasteiger partial charge on any atom is 0.416 e. The smallest absolute Gasteiger partial charge is 0.416 e. The maximum atomic E-state index is 14.0. The molecule has 3 aromatic carbocycles. The molecule has 1 amide bonds. The molecule has 1 atom stereocenters. The highest BCUT2D eigenvalue weighted by Crippen LogP contribution is 2.32. The molecular formula is C31H26F3N3O4. The molecule has 0 N–H and O–H groups in total. The summed E-state index contributed by atoms with van der Waals surface area (Å²) in [6.07, 6.45) is -3.19. The molecule has 0 fully saturated rings. The van der Waals surface area contributed by atoms with Gasteiger partial charge in [-0.3, -0.25) is 14.2 Å². The van der Waals surface area contributed by atoms with Gasteiger partial charge in [0.05, 0.1) is 47.6 Å². The zero-order chi connectivity index (χ0) is 29.1. The van der Waals surface area contributed by atoms with Gasteiger partial charge in [-0.1, -0.05) is 30.3 Å². The van der Waals surface area contributed by atoms with E-state index in [4.69, 9.17) is 14.1 Å². The number of furan rings is 1. The standard InChI is InChI=1S/C31H26F3N3O4/c1-3-40-27-16-7-6-15-26(27)37-28(35-25-14-5-4-13-24(25)30(37)39)20(2)36(19-23-12-9-17-41-23)29(38)21-10-8-11-22(18-21)31(32,33)34/h4-18,20H,3,19H2,1-2H3. The fraction of sp³-hybridized carbons (Fsp3) is 0.194. The van der Waals surface area contributed by atoms with Gasteiger partial charge in [-0.05, 0) is 68.4 Å². The van der Waals surface area contributed by atoms with E-state index in [-0.39, 0.29) is 23.5 Å². The quantitative estimate of drug-likeness (QED) is 0.208. The second-order valence-corrected chi connectivity index (χ2v) is 9.30. The monoisotopic (exact) mass is 561 g/mol. The average Bonchev–Trinajstić information content (AvgIpc) is 3.49. The van der Waals surface area contributed by atoms with E-state index in [9.17, 15) is 22.8 Å². The van der Waals surface area contributed by atoms with Gasteiger partial charge >= 0.3 is 6.18 Å². The van der Waals surface area contributed by atoms with E-state index in [1.807, 2.05) is 6.92 Å². The summed E-state index contributed by atoms with van der Waals surface area (Å²) >= 11 is 0. The van der Waals surface area contributed by atoms with E-state index in [1.165, 1.54) is 27.9 Å². The summed E-state index contributed by atoms with van der Waals surface area (Å²) in [4.78, 5) is 34.0. The zero-order valence-electron chi connectivity index (χ0n) is 22.3. The fourth-order valence-corrected chi connectivity index (χ4v) is 4.67. The zero-order valence-corrected chi connectivity index (χ0v) is 22.3. The van der Waals surface area contributed by atoms with Gasteiger partial charge in [-0.2, -0.15) is 13.2 Å². The predicted octanol–water partition coefficient (Wildman–Crippen LogP) is 6.80. The molecular weight excluding hydrogens is 535 g/mol. The first-order valence-corrected chi connectivity index (χ1v) is 12.9. The van der Waals surface area contributed by atoms with Crippen molar-refractivity contribution >= 4 is 16.8 Å². The molecule has 0 saturated heterocycles. The number of carbonyl (C=O) groups is 1. The molecule has 0 radical (unpaired) electrons. The number of carbonyl (C=O) groups excluding carboxylic acids is 1. The van der Waals surface area contributed by atoms with Crippen LogP contribution in [0.25, 0.3) is 16.6 Å². The van der Waals surface area contributed by atoms with Crippen molar-refractivity contribution in [3.8, 4) is 11.4 Å². The largest absolute Gasteiger partial charge is 0.492 e. The van der Waals surface area contributed by atoms with Gasteiger partial charge in [0.25, 0.3) is 11.5 Å². The number of nitrogens with zero attached hydrogens (tertiary/aromatic N) is 3. The van der Waals surface area contributed by atoms with Gasteiger partial charge in [-0.15, -0.1) is 0 Å². The molecule has 41 heavy (non-hydrogen) atoms. The SMILES string of the molecule is CCOc1ccccc1-n1c(C(C)N(Cc2ccco2)C(=O)c2cccc(C(F)(F)F)c2)nc2ccccc2c1=O. The van der Waals surface area contributed by atoms with E-state index in [0.29, 0.717) is 34.7 Å². The molecule has 0 aliphatic rings. The number of para-hydroxylation sites is 3. The maximum absolute atomic E-state index is 14.0. The Balaban J connectivity index is 1.71. The Labute approximate surface area is 233 Å². The number of benzene rings is 3. The Morgan fingerprint density at radius 2 is 1.78 bits per heavy atom. The molecule has 2 heterocycles. The molecule has 2 aromatic heterocycles. The first kappa shape index (κ1) is 27.7. The molecule has 0 saturated carbocycles. The Bertz CT molecular complexity index is 1750. The number of hydrogen-bond acceptors (Lipinski definition) is 5. The number of aromatic nitrogens is 2. The van der Waals surface area contributed by atoms with Crippen molar-refractivity contribution in [3.63, 3.8) is 0 Å². The lowest BCUT2D eigenvalue weighted by Gasteiger charge is -2.30. The highest BCUT2D eigenvalue weighted by Gasteiger charge is 2.33. The summed E-state index contributed by atoms with van der Waals surface area (Å²) in [5, 5.41) is 0.358. The number of halogens is 3. The molecule has 0 aliphatic carbocycles. The minimum Gasteiger partial charge on any atom is -0.492 e. The van der Waals surface area contributed by atoms with E-state index >= 15 is 0 Å². The van der Waals surface area contributed by atoms with Gasteiger partial charge in [0.1, 0.15) is 17.3 Å². The summed E-state index contributed by atoms with van der Waals surface area (Å²) in [7, 11) is 0. The van der Waals surface area contributed by atoms with Crippen molar-refractivity contribution < 1.29 is 27.1 Å². The summed E-state index contributed by atoms with van der Waals surface area (Å²) in [6, 6.07) is 20.4. The lowest BCUT2D eigenvalue weighted by Crippen LogP contribution is -2.37. The molecule has 210 valence electrons. The van der Waals surface area contributed by atoms with Crippen LogP contribution in [-0.4, -0.2) is 27.0 Å². The Morgan fingerprint density at radius 3 is 2.51 bits per heavy atom. The minimum atomic E-state index is -4.63. The molecule has 10 heteroatoms. The third-order valence-electron chi connectivity index (χ3n) is 6.65. The highest BCUT2D eigenvalue weighted by atomic mass is 19.4. The van der Waals surface area contributed by atoms with Crippen molar-refractivity contribution in [1.29, 1.82) is 0 Å². The lowest BCUT2D eigenvalue weighted by atomic mass is 10.1. The molecule has 1 unspecified atom stereocenters. The highest BCUT2D eigenvalue weighted by molar-refractivity contribution is 5.94. The van der Waals surface area contributed by atoms with Crippen LogP contribution in [0, 0.1) is 0 Å². The predicted molar refractivity (Wildman–Crippen MR) is 147 cm³/mol. The van der Waals surface area contributed by atoms with Crippen LogP contribution < -0.4 is 10.3 Å². The number of hydrogen-bond donors (Lipinski definition) is 0. The van der Waals surface area contributed by atoms with Crippen molar-refractivity contribution in [3.05, 3.63) is 124 Å². The topological polar surface area (TPSA) is 77.6 Å². The fourth-order valence-electron chi connectivity index (χ4n) is 4.67. The molecule has 0 spiro atoms. The molecule has 0 aliphatic heterocycles. The number of ether oxygens (including phenoxy) is 1. The van der Waals surface area contributed by atoms with E-state index in [0.717, 1.165) is 12.1 Å². The number of rotatable bonds is 8. The van der Waals surface area contributed by atoms with Crippen LogP contribution in [0.3, 0.4) is 0 Å². The molecule has 5 rings (SSSR count). The summed E-state index contributed by atoms with van der Waals surface area (Å²) in [5.74, 6) is 0.353. The number of amides is 1. The second-order valence-electron chi connectivity index (χ2n) is 9.30. The van der Waals surface area contributed by atoms with Gasteiger partial charge in [0.2, 0.25) is 0 Å². The van der Waals surface area contributed by atoms with Crippen LogP contribution in [0.1, 0.15) is 47.4 Å². The first-order valence-electron chi connectivity index (χ1n) is 12.9. The second kappa shape index (κ2) is 11.3. The van der Waals surface area contributed by atoms with Crippen LogP contribution in [-0.2, 0) is 12.7 Å². The Morgan fingerprint density at radius 1 is 1.02 bits per heavy atom. The Kier molecular flexibility index (Phi) is 7.65. The lowest BCUT2D eigenvalue weighted by molar-refractivity contribution is -0.137. The van der Waals surface area contributed by atoms with Gasteiger partial charge in [-0.25, -0.2) is 4.98 Å². The third-order valence-corrected chi connectivity index (χ3v) is 6.65. The molecule has 5 aromatic rings. The molecule has 7 nitrogen and oxygen atoms in total. The minimum absolute atomic E-state index is 0.0843. The normalized spacial score (nSPS) is 12.3. The van der Waals surface area contributed by atoms with Crippen LogP contribution in [0.5, 0.6) is 5.75 Å². The van der Waals surface area contributed by atoms with E-state index < -0.39 is 23.7 Å². The number of alkyl halides is 3. The van der Waals surface area contributed by atoms with E-state index in [2.05, 4.69) is 0 Å². The molecule has 0 bridgehead atoms. The van der Waals surface area contributed by atoms with Gasteiger partial charge in [0, 0.05) is 5.56 Å². The van der Waals surface area contributed by atoms with Crippen molar-refractivity contribution in [2.75, 3.05) is 6.61 Å². The van der Waals surface area contributed by atoms with Gasteiger partial charge < -0.3 is 14.1 Å². The summed E-state index contributed by atoms with van der Waals surface area (Å²) < 4.78 is 53.2. The summed E-state index contributed by atoms with van der Waals surface area (Å²) in [5.41, 5.74) is -0.657. The van der Waals surface area contributed by atoms with Crippen molar-refractivity contribution in [1.82, 2.24) is 14.5 Å².